The van der Waals surface area contributed by atoms with Crippen molar-refractivity contribution in [1.29, 1.82) is 0 Å². The second kappa shape index (κ2) is 9.52. The minimum Gasteiger partial charge on any atom is -0.467 e. The van der Waals surface area contributed by atoms with Gasteiger partial charge in [-0.3, -0.25) is 4.79 Å². The van der Waals surface area contributed by atoms with Gasteiger partial charge in [0, 0.05) is 13.1 Å². The van der Waals surface area contributed by atoms with E-state index in [-0.39, 0.29) is 17.5 Å². The van der Waals surface area contributed by atoms with Gasteiger partial charge in [0.2, 0.25) is 11.0 Å². The van der Waals surface area contributed by atoms with Crippen molar-refractivity contribution in [2.45, 2.75) is 24.4 Å². The molecule has 2 heterocycles. The molecule has 0 radical (unpaired) electrons. The fourth-order valence-electron chi connectivity index (χ4n) is 2.36. The SMILES string of the molecule is CCN(Cc1cccc(F)c1)C(=O)CSc1nnc(NCc2ccco2)s1. The smallest absolute Gasteiger partial charge is 0.233 e. The van der Waals surface area contributed by atoms with E-state index in [4.69, 9.17) is 4.42 Å². The molecule has 1 N–H and O–H groups in total. The zero-order chi connectivity index (χ0) is 19.1. The lowest BCUT2D eigenvalue weighted by molar-refractivity contribution is -0.128. The summed E-state index contributed by atoms with van der Waals surface area (Å²) in [4.78, 5) is 14.2. The molecule has 0 aliphatic rings. The number of carbonyl (C=O) groups excluding carboxylic acids is 1. The Morgan fingerprint density at radius 3 is 2.96 bits per heavy atom. The van der Waals surface area contributed by atoms with E-state index in [1.807, 2.05) is 25.1 Å². The van der Waals surface area contributed by atoms with Crippen LogP contribution in [-0.2, 0) is 17.9 Å². The van der Waals surface area contributed by atoms with Crippen LogP contribution in [0.1, 0.15) is 18.2 Å². The Labute approximate surface area is 164 Å². The van der Waals surface area contributed by atoms with Crippen molar-refractivity contribution in [3.63, 3.8) is 0 Å². The maximum atomic E-state index is 13.3. The Hall–Kier alpha value is -2.39. The first-order valence-electron chi connectivity index (χ1n) is 8.39. The van der Waals surface area contributed by atoms with Gasteiger partial charge in [-0.25, -0.2) is 4.39 Å². The van der Waals surface area contributed by atoms with E-state index in [0.717, 1.165) is 11.3 Å². The van der Waals surface area contributed by atoms with Gasteiger partial charge in [-0.1, -0.05) is 35.2 Å². The molecular formula is C18H19FN4O2S2. The molecule has 0 bridgehead atoms. The summed E-state index contributed by atoms with van der Waals surface area (Å²) in [7, 11) is 0. The van der Waals surface area contributed by atoms with E-state index in [2.05, 4.69) is 15.5 Å². The average Bonchev–Trinajstić information content (AvgIpc) is 3.34. The van der Waals surface area contributed by atoms with E-state index in [0.29, 0.717) is 29.1 Å². The van der Waals surface area contributed by atoms with E-state index in [1.54, 1.807) is 17.2 Å². The van der Waals surface area contributed by atoms with Crippen LogP contribution in [0.5, 0.6) is 0 Å². The number of amides is 1. The highest BCUT2D eigenvalue weighted by Gasteiger charge is 2.15. The molecule has 27 heavy (non-hydrogen) atoms. The molecule has 9 heteroatoms. The van der Waals surface area contributed by atoms with E-state index >= 15 is 0 Å². The van der Waals surface area contributed by atoms with Crippen molar-refractivity contribution in [2.24, 2.45) is 0 Å². The first kappa shape index (κ1) is 19.4. The predicted octanol–water partition coefficient (Wildman–Crippen LogP) is 4.02. The van der Waals surface area contributed by atoms with Crippen molar-refractivity contribution in [2.75, 3.05) is 17.6 Å². The Morgan fingerprint density at radius 2 is 2.22 bits per heavy atom. The molecule has 2 aromatic heterocycles. The number of nitrogens with one attached hydrogen (secondary N) is 1. The van der Waals surface area contributed by atoms with Gasteiger partial charge in [0.25, 0.3) is 0 Å². The molecule has 1 amide bonds. The topological polar surface area (TPSA) is 71.3 Å². The lowest BCUT2D eigenvalue weighted by Crippen LogP contribution is -2.31. The van der Waals surface area contributed by atoms with Crippen LogP contribution in [0, 0.1) is 5.82 Å². The van der Waals surface area contributed by atoms with Crippen LogP contribution in [0.3, 0.4) is 0 Å². The summed E-state index contributed by atoms with van der Waals surface area (Å²) in [5.74, 6) is 0.752. The Kier molecular flexibility index (Phi) is 6.83. The number of anilines is 1. The number of thioether (sulfide) groups is 1. The number of aromatic nitrogens is 2. The minimum absolute atomic E-state index is 0.0212. The van der Waals surface area contributed by atoms with Gasteiger partial charge in [0.05, 0.1) is 18.6 Å². The molecule has 0 spiro atoms. The van der Waals surface area contributed by atoms with Gasteiger partial charge < -0.3 is 14.6 Å². The molecule has 6 nitrogen and oxygen atoms in total. The fraction of sp³-hybridized carbons (Fsp3) is 0.278. The van der Waals surface area contributed by atoms with Crippen LogP contribution >= 0.6 is 23.1 Å². The van der Waals surface area contributed by atoms with Crippen molar-refractivity contribution in [1.82, 2.24) is 15.1 Å². The number of carbonyl (C=O) groups is 1. The highest BCUT2D eigenvalue weighted by molar-refractivity contribution is 8.01. The number of furan rings is 1. The Balaban J connectivity index is 1.48. The van der Waals surface area contributed by atoms with E-state index in [9.17, 15) is 9.18 Å². The first-order chi connectivity index (χ1) is 13.1. The number of nitrogens with zero attached hydrogens (tertiary/aromatic N) is 3. The normalized spacial score (nSPS) is 10.7. The molecule has 142 valence electrons. The van der Waals surface area contributed by atoms with Crippen molar-refractivity contribution < 1.29 is 13.6 Å². The van der Waals surface area contributed by atoms with Gasteiger partial charge in [0.15, 0.2) is 4.34 Å². The molecule has 0 saturated carbocycles. The standard InChI is InChI=1S/C18H19FN4O2S2/c1-2-23(11-13-5-3-6-14(19)9-13)16(24)12-26-18-22-21-17(27-18)20-10-15-7-4-8-25-15/h3-9H,2,10-12H2,1H3,(H,20,21). The summed E-state index contributed by atoms with van der Waals surface area (Å²) in [5.41, 5.74) is 0.774. The van der Waals surface area contributed by atoms with Crippen molar-refractivity contribution >= 4 is 34.1 Å². The summed E-state index contributed by atoms with van der Waals surface area (Å²) in [6.07, 6.45) is 1.62. The number of rotatable bonds is 9. The predicted molar refractivity (Wildman–Crippen MR) is 104 cm³/mol. The van der Waals surface area contributed by atoms with Crippen LogP contribution in [0.4, 0.5) is 9.52 Å². The fourth-order valence-corrected chi connectivity index (χ4v) is 4.01. The first-order valence-corrected chi connectivity index (χ1v) is 10.2. The van der Waals surface area contributed by atoms with Crippen molar-refractivity contribution in [3.8, 4) is 0 Å². The number of benzene rings is 1. The summed E-state index contributed by atoms with van der Waals surface area (Å²) in [6, 6.07) is 10.0. The molecule has 0 saturated heterocycles. The van der Waals surface area contributed by atoms with Gasteiger partial charge in [-0.15, -0.1) is 10.2 Å². The molecule has 0 aliphatic heterocycles. The van der Waals surface area contributed by atoms with Gasteiger partial charge in [-0.05, 0) is 36.8 Å². The maximum absolute atomic E-state index is 13.3. The molecular weight excluding hydrogens is 387 g/mol. The van der Waals surface area contributed by atoms with Crippen LogP contribution in [-0.4, -0.2) is 33.3 Å². The summed E-state index contributed by atoms with van der Waals surface area (Å²) < 4.78 is 19.3. The molecule has 3 rings (SSSR count). The number of halogens is 1. The maximum Gasteiger partial charge on any atom is 0.233 e. The Morgan fingerprint density at radius 1 is 1.33 bits per heavy atom. The number of hydrogen-bond acceptors (Lipinski definition) is 7. The zero-order valence-electron chi connectivity index (χ0n) is 14.7. The monoisotopic (exact) mass is 406 g/mol. The summed E-state index contributed by atoms with van der Waals surface area (Å²) in [5, 5.41) is 12.0. The minimum atomic E-state index is -0.297. The quantitative estimate of drug-likeness (QED) is 0.541. The largest absolute Gasteiger partial charge is 0.467 e. The summed E-state index contributed by atoms with van der Waals surface area (Å²) in [6.45, 7) is 3.38. The third kappa shape index (κ3) is 5.80. The van der Waals surface area contributed by atoms with Crippen LogP contribution in [0.15, 0.2) is 51.4 Å². The molecule has 0 fully saturated rings. The average molecular weight is 407 g/mol. The highest BCUT2D eigenvalue weighted by atomic mass is 32.2. The second-order valence-corrected chi connectivity index (χ2v) is 7.83. The highest BCUT2D eigenvalue weighted by Crippen LogP contribution is 2.26. The van der Waals surface area contributed by atoms with Crippen LogP contribution < -0.4 is 5.32 Å². The van der Waals surface area contributed by atoms with E-state index < -0.39 is 0 Å². The van der Waals surface area contributed by atoms with Crippen molar-refractivity contribution in [3.05, 3.63) is 59.8 Å². The lowest BCUT2D eigenvalue weighted by Gasteiger charge is -2.20. The van der Waals surface area contributed by atoms with Crippen LogP contribution in [0.2, 0.25) is 0 Å². The number of hydrogen-bond donors (Lipinski definition) is 1. The van der Waals surface area contributed by atoms with E-state index in [1.165, 1.54) is 35.2 Å². The zero-order valence-corrected chi connectivity index (χ0v) is 16.4. The molecule has 0 aliphatic carbocycles. The summed E-state index contributed by atoms with van der Waals surface area (Å²) >= 11 is 2.74. The van der Waals surface area contributed by atoms with Gasteiger partial charge >= 0.3 is 0 Å². The lowest BCUT2D eigenvalue weighted by atomic mass is 10.2. The third-order valence-corrected chi connectivity index (χ3v) is 5.72. The molecule has 1 aromatic carbocycles. The van der Waals surface area contributed by atoms with Gasteiger partial charge in [0.1, 0.15) is 11.6 Å². The molecule has 3 aromatic rings. The molecule has 0 atom stereocenters. The molecule has 0 unspecified atom stereocenters. The van der Waals surface area contributed by atoms with Crippen LogP contribution in [0.25, 0.3) is 0 Å². The third-order valence-electron chi connectivity index (χ3n) is 3.72. The second-order valence-electron chi connectivity index (χ2n) is 5.63. The van der Waals surface area contributed by atoms with Gasteiger partial charge in [-0.2, -0.15) is 0 Å². The Bertz CT molecular complexity index is 870.